The summed E-state index contributed by atoms with van der Waals surface area (Å²) in [6, 6.07) is 1.88. The third-order valence-electron chi connectivity index (χ3n) is 5.75. The number of nitrogens with one attached hydrogen (secondary N) is 1. The largest absolute Gasteiger partial charge is 0.416 e. The fraction of sp³-hybridized carbons (Fsp3) is 0.611. The van der Waals surface area contributed by atoms with E-state index in [1.165, 1.54) is 0 Å². The number of hydrogen-bond acceptors (Lipinski definition) is 3. The van der Waals surface area contributed by atoms with Gasteiger partial charge in [0.15, 0.2) is 0 Å². The lowest BCUT2D eigenvalue weighted by atomic mass is 9.92. The van der Waals surface area contributed by atoms with Gasteiger partial charge in [-0.25, -0.2) is 12.8 Å². The summed E-state index contributed by atoms with van der Waals surface area (Å²) < 4.78 is 118. The van der Waals surface area contributed by atoms with Gasteiger partial charge >= 0.3 is 12.4 Å². The molecule has 0 aliphatic heterocycles. The van der Waals surface area contributed by atoms with Crippen LogP contribution < -0.4 is 5.32 Å². The maximum Gasteiger partial charge on any atom is 0.416 e. The SMILES string of the molecule is O=C(N[C@H]1CC[C@](F)(S(=O)(=O)c2cccc(C(F)(F)F)c2)CC1)C1(C(F)(F)F)CC1. The Kier molecular flexibility index (Phi) is 5.40. The lowest BCUT2D eigenvalue weighted by molar-refractivity contribution is -0.192. The van der Waals surface area contributed by atoms with Crippen molar-refractivity contribution in [1.82, 2.24) is 5.32 Å². The molecule has 1 N–H and O–H groups in total. The van der Waals surface area contributed by atoms with Crippen molar-refractivity contribution < 1.29 is 43.9 Å². The summed E-state index contributed by atoms with van der Waals surface area (Å²) in [4.78, 5) is 11.2. The van der Waals surface area contributed by atoms with E-state index in [1.54, 1.807) is 0 Å². The van der Waals surface area contributed by atoms with Crippen LogP contribution in [0.2, 0.25) is 0 Å². The summed E-state index contributed by atoms with van der Waals surface area (Å²) in [5.41, 5.74) is -3.68. The van der Waals surface area contributed by atoms with Crippen molar-refractivity contribution in [3.8, 4) is 0 Å². The monoisotopic (exact) mass is 461 g/mol. The minimum Gasteiger partial charge on any atom is -0.353 e. The van der Waals surface area contributed by atoms with Gasteiger partial charge in [0.05, 0.1) is 10.5 Å². The van der Waals surface area contributed by atoms with Gasteiger partial charge in [-0.15, -0.1) is 0 Å². The number of carbonyl (C=O) groups is 1. The molecule has 0 heterocycles. The molecule has 0 bridgehead atoms. The molecule has 12 heteroatoms. The van der Waals surface area contributed by atoms with E-state index >= 15 is 4.39 Å². The van der Waals surface area contributed by atoms with Crippen LogP contribution in [-0.2, 0) is 20.8 Å². The summed E-state index contributed by atoms with van der Waals surface area (Å²) in [6.07, 6.45) is -12.0. The van der Waals surface area contributed by atoms with Crippen molar-refractivity contribution in [2.45, 2.75) is 66.8 Å². The van der Waals surface area contributed by atoms with E-state index in [0.29, 0.717) is 12.1 Å². The van der Waals surface area contributed by atoms with Crippen molar-refractivity contribution in [1.29, 1.82) is 0 Å². The Bertz CT molecular complexity index is 928. The van der Waals surface area contributed by atoms with E-state index < -0.39 is 67.9 Å². The zero-order valence-corrected chi connectivity index (χ0v) is 16.2. The summed E-state index contributed by atoms with van der Waals surface area (Å²) in [6.45, 7) is 0. The lowest BCUT2D eigenvalue weighted by Crippen LogP contribution is -2.49. The molecule has 0 aromatic heterocycles. The molecule has 2 fully saturated rings. The number of amides is 1. The van der Waals surface area contributed by atoms with Crippen LogP contribution >= 0.6 is 0 Å². The number of halogens is 7. The van der Waals surface area contributed by atoms with Crippen LogP contribution in [0.5, 0.6) is 0 Å². The molecule has 30 heavy (non-hydrogen) atoms. The van der Waals surface area contributed by atoms with Gasteiger partial charge in [-0.05, 0) is 56.7 Å². The smallest absolute Gasteiger partial charge is 0.353 e. The minimum absolute atomic E-state index is 0.256. The number of alkyl halides is 7. The highest BCUT2D eigenvalue weighted by Gasteiger charge is 2.68. The Morgan fingerprint density at radius 3 is 2.03 bits per heavy atom. The number of benzene rings is 1. The first-order chi connectivity index (χ1) is 13.6. The highest BCUT2D eigenvalue weighted by Crippen LogP contribution is 2.58. The quantitative estimate of drug-likeness (QED) is 0.670. The van der Waals surface area contributed by atoms with Crippen LogP contribution in [0.3, 0.4) is 0 Å². The molecule has 0 saturated heterocycles. The van der Waals surface area contributed by atoms with E-state index in [4.69, 9.17) is 0 Å². The molecule has 2 aliphatic carbocycles. The van der Waals surface area contributed by atoms with Crippen LogP contribution in [0.15, 0.2) is 29.2 Å². The number of carbonyl (C=O) groups excluding carboxylic acids is 1. The molecule has 1 aromatic carbocycles. The minimum atomic E-state index is -4.81. The van der Waals surface area contributed by atoms with E-state index in [0.717, 1.165) is 12.1 Å². The Labute approximate surface area is 167 Å². The predicted octanol–water partition coefficient (Wildman–Crippen LogP) is 4.55. The van der Waals surface area contributed by atoms with Crippen LogP contribution in [0, 0.1) is 5.41 Å². The molecule has 2 aliphatic rings. The summed E-state index contributed by atoms with van der Waals surface area (Å²) >= 11 is 0. The Hall–Kier alpha value is -1.85. The van der Waals surface area contributed by atoms with Crippen molar-refractivity contribution in [2.75, 3.05) is 0 Å². The van der Waals surface area contributed by atoms with Crippen LogP contribution in [0.25, 0.3) is 0 Å². The molecule has 0 spiro atoms. The fourth-order valence-corrected chi connectivity index (χ4v) is 5.34. The molecule has 0 radical (unpaired) electrons. The molecule has 1 amide bonds. The molecule has 168 valence electrons. The van der Waals surface area contributed by atoms with Crippen molar-refractivity contribution in [3.63, 3.8) is 0 Å². The van der Waals surface area contributed by atoms with Crippen LogP contribution in [0.1, 0.15) is 44.1 Å². The summed E-state index contributed by atoms with van der Waals surface area (Å²) in [5, 5.41) is -0.658. The first-order valence-electron chi connectivity index (χ1n) is 9.11. The Morgan fingerprint density at radius 1 is 1.00 bits per heavy atom. The fourth-order valence-electron chi connectivity index (χ4n) is 3.60. The maximum atomic E-state index is 15.2. The zero-order valence-electron chi connectivity index (χ0n) is 15.4. The van der Waals surface area contributed by atoms with Crippen LogP contribution in [-0.4, -0.2) is 31.5 Å². The van der Waals surface area contributed by atoms with Gasteiger partial charge < -0.3 is 5.32 Å². The first-order valence-corrected chi connectivity index (χ1v) is 10.6. The second-order valence-electron chi connectivity index (χ2n) is 7.74. The molecule has 0 atom stereocenters. The van der Waals surface area contributed by atoms with Gasteiger partial charge in [-0.2, -0.15) is 26.3 Å². The highest BCUT2D eigenvalue weighted by molar-refractivity contribution is 7.92. The van der Waals surface area contributed by atoms with Crippen molar-refractivity contribution in [2.24, 2.45) is 5.41 Å². The molecular formula is C18H18F7NO3S. The summed E-state index contributed by atoms with van der Waals surface area (Å²) in [5.74, 6) is -1.22. The van der Waals surface area contributed by atoms with E-state index in [1.807, 2.05) is 0 Å². The second-order valence-corrected chi connectivity index (χ2v) is 9.95. The van der Waals surface area contributed by atoms with Gasteiger partial charge in [-0.3, -0.25) is 4.79 Å². The average Bonchev–Trinajstić information content (AvgIpc) is 3.45. The second kappa shape index (κ2) is 7.10. The number of rotatable bonds is 4. The van der Waals surface area contributed by atoms with Gasteiger partial charge in [0.25, 0.3) is 0 Å². The van der Waals surface area contributed by atoms with Crippen molar-refractivity contribution in [3.05, 3.63) is 29.8 Å². The van der Waals surface area contributed by atoms with E-state index in [9.17, 15) is 39.6 Å². The number of hydrogen-bond donors (Lipinski definition) is 1. The van der Waals surface area contributed by atoms with Gasteiger partial charge in [0.1, 0.15) is 5.41 Å². The standard InChI is InChI=1S/C18H18F7NO3S/c19-16(30(28,29)13-3-1-2-11(10-13)17(20,21)22)6-4-12(5-7-16)26-14(27)15(8-9-15)18(23,24)25/h1-3,10,12H,4-9H2,(H,26,27)/t12-,16-. The first kappa shape index (κ1) is 22.8. The molecule has 4 nitrogen and oxygen atoms in total. The number of sulfone groups is 1. The van der Waals surface area contributed by atoms with E-state index in [2.05, 4.69) is 5.32 Å². The van der Waals surface area contributed by atoms with Gasteiger partial charge in [0.2, 0.25) is 20.7 Å². The molecule has 1 aromatic rings. The third-order valence-corrected chi connectivity index (χ3v) is 7.99. The molecular weight excluding hydrogens is 443 g/mol. The van der Waals surface area contributed by atoms with Crippen molar-refractivity contribution >= 4 is 15.7 Å². The molecule has 0 unspecified atom stereocenters. The third kappa shape index (κ3) is 3.90. The Morgan fingerprint density at radius 2 is 1.57 bits per heavy atom. The van der Waals surface area contributed by atoms with E-state index in [-0.39, 0.29) is 25.7 Å². The highest BCUT2D eigenvalue weighted by atomic mass is 32.2. The maximum absolute atomic E-state index is 15.2. The Balaban J connectivity index is 1.71. The normalized spacial score (nSPS) is 26.8. The van der Waals surface area contributed by atoms with Gasteiger partial charge in [-0.1, -0.05) is 6.07 Å². The zero-order chi connectivity index (χ0) is 22.6. The molecule has 3 rings (SSSR count). The average molecular weight is 461 g/mol. The predicted molar refractivity (Wildman–Crippen MR) is 90.6 cm³/mol. The summed E-state index contributed by atoms with van der Waals surface area (Å²) in [7, 11) is -4.79. The molecule has 2 saturated carbocycles. The lowest BCUT2D eigenvalue weighted by Gasteiger charge is -2.34. The van der Waals surface area contributed by atoms with Crippen LogP contribution in [0.4, 0.5) is 30.7 Å². The van der Waals surface area contributed by atoms with Gasteiger partial charge in [0, 0.05) is 6.04 Å². The topological polar surface area (TPSA) is 63.2 Å².